The number of hydrogen-bond acceptors (Lipinski definition) is 4. The zero-order valence-corrected chi connectivity index (χ0v) is 12.2. The predicted molar refractivity (Wildman–Crippen MR) is 70.4 cm³/mol. The number of rotatable bonds is 2. The van der Waals surface area contributed by atoms with Gasteiger partial charge in [0.15, 0.2) is 0 Å². The highest BCUT2D eigenvalue weighted by molar-refractivity contribution is 5.80. The smallest absolute Gasteiger partial charge is 0.323 e. The normalized spacial score (nSPS) is 34.7. The van der Waals surface area contributed by atoms with E-state index in [2.05, 4.69) is 0 Å². The number of fused-ring (bicyclic) bond motifs is 1. The number of hydrogen-bond donors (Lipinski definition) is 2. The molecule has 114 valence electrons. The van der Waals surface area contributed by atoms with Gasteiger partial charge in [-0.1, -0.05) is 0 Å². The SMILES string of the molecule is CC1C2C(C)N(C)C(=O)N(CO)C2N(CO)C(=O)N1C. The molecule has 0 radical (unpaired) electrons. The first kappa shape index (κ1) is 14.9. The predicted octanol–water partition coefficient (Wildman–Crippen LogP) is -0.660. The summed E-state index contributed by atoms with van der Waals surface area (Å²) in [6.45, 7) is 2.86. The van der Waals surface area contributed by atoms with E-state index >= 15 is 0 Å². The summed E-state index contributed by atoms with van der Waals surface area (Å²) in [6, 6.07) is -0.890. The molecule has 0 spiro atoms. The maximum absolute atomic E-state index is 12.2. The lowest BCUT2D eigenvalue weighted by Gasteiger charge is -2.57. The molecule has 2 atom stereocenters. The summed E-state index contributed by atoms with van der Waals surface area (Å²) in [6.07, 6.45) is -0.623. The minimum absolute atomic E-state index is 0.0836. The van der Waals surface area contributed by atoms with Crippen LogP contribution in [0.25, 0.3) is 0 Å². The van der Waals surface area contributed by atoms with Crippen molar-refractivity contribution in [1.82, 2.24) is 19.6 Å². The van der Waals surface area contributed by atoms with Gasteiger partial charge >= 0.3 is 12.1 Å². The molecule has 20 heavy (non-hydrogen) atoms. The number of urea groups is 2. The minimum Gasteiger partial charge on any atom is -0.376 e. The Morgan fingerprint density at radius 2 is 1.25 bits per heavy atom. The van der Waals surface area contributed by atoms with Crippen LogP contribution in [0.15, 0.2) is 0 Å². The Morgan fingerprint density at radius 3 is 1.55 bits per heavy atom. The third kappa shape index (κ3) is 1.82. The second kappa shape index (κ2) is 5.10. The maximum Gasteiger partial charge on any atom is 0.323 e. The summed E-state index contributed by atoms with van der Waals surface area (Å²) in [4.78, 5) is 30.0. The Bertz CT molecular complexity index is 382. The molecule has 0 saturated carbocycles. The Balaban J connectivity index is 2.48. The van der Waals surface area contributed by atoms with Crippen LogP contribution in [0.2, 0.25) is 0 Å². The van der Waals surface area contributed by atoms with Crippen LogP contribution in [0.1, 0.15) is 13.8 Å². The van der Waals surface area contributed by atoms with Gasteiger partial charge in [0.25, 0.3) is 0 Å². The molecule has 0 bridgehead atoms. The van der Waals surface area contributed by atoms with Crippen molar-refractivity contribution in [2.24, 2.45) is 5.92 Å². The lowest BCUT2D eigenvalue weighted by Crippen LogP contribution is -2.75. The van der Waals surface area contributed by atoms with Crippen LogP contribution < -0.4 is 0 Å². The second-order valence-corrected chi connectivity index (χ2v) is 5.48. The monoisotopic (exact) mass is 286 g/mol. The first-order valence-corrected chi connectivity index (χ1v) is 6.65. The van der Waals surface area contributed by atoms with Gasteiger partial charge in [0.05, 0.1) is 0 Å². The second-order valence-electron chi connectivity index (χ2n) is 5.48. The summed E-state index contributed by atoms with van der Waals surface area (Å²) in [7, 11) is 3.36. The number of nitrogens with zero attached hydrogens (tertiary/aromatic N) is 4. The van der Waals surface area contributed by atoms with Gasteiger partial charge in [-0.05, 0) is 13.8 Å². The van der Waals surface area contributed by atoms with E-state index in [1.807, 2.05) is 13.8 Å². The van der Waals surface area contributed by atoms with Gasteiger partial charge < -0.3 is 20.0 Å². The van der Waals surface area contributed by atoms with Crippen molar-refractivity contribution in [1.29, 1.82) is 0 Å². The van der Waals surface area contributed by atoms with Crippen LogP contribution in [-0.4, -0.2) is 87.7 Å². The van der Waals surface area contributed by atoms with Gasteiger partial charge in [-0.15, -0.1) is 0 Å². The van der Waals surface area contributed by atoms with Crippen molar-refractivity contribution >= 4 is 12.1 Å². The van der Waals surface area contributed by atoms with Gasteiger partial charge in [0, 0.05) is 32.1 Å². The summed E-state index contributed by atoms with van der Waals surface area (Å²) in [5.74, 6) is -0.0836. The van der Waals surface area contributed by atoms with Crippen LogP contribution >= 0.6 is 0 Å². The highest BCUT2D eigenvalue weighted by Crippen LogP contribution is 2.36. The standard InChI is InChI=1S/C12H22N4O4/c1-7-9-8(2)14(4)12(20)16(6-18)10(9)15(5-17)11(19)13(7)3/h7-10,17-18H,5-6H2,1-4H3. The van der Waals surface area contributed by atoms with E-state index in [0.717, 1.165) is 0 Å². The van der Waals surface area contributed by atoms with E-state index in [1.165, 1.54) is 9.80 Å². The molecule has 2 aliphatic heterocycles. The van der Waals surface area contributed by atoms with E-state index in [1.54, 1.807) is 23.9 Å². The zero-order valence-electron chi connectivity index (χ0n) is 12.2. The molecule has 4 amide bonds. The molecule has 0 aromatic heterocycles. The molecule has 2 rings (SSSR count). The lowest BCUT2D eigenvalue weighted by molar-refractivity contribution is -0.114. The quantitative estimate of drug-likeness (QED) is 0.705. The van der Waals surface area contributed by atoms with Gasteiger partial charge in [-0.25, -0.2) is 9.59 Å². The highest BCUT2D eigenvalue weighted by atomic mass is 16.3. The fourth-order valence-corrected chi connectivity index (χ4v) is 3.27. The molecule has 2 fully saturated rings. The third-order valence-electron chi connectivity index (χ3n) is 4.72. The van der Waals surface area contributed by atoms with Crippen LogP contribution in [0.3, 0.4) is 0 Å². The molecule has 8 heteroatoms. The Morgan fingerprint density at radius 1 is 0.900 bits per heavy atom. The molecule has 0 aliphatic carbocycles. The first-order chi connectivity index (χ1) is 9.36. The number of carbonyl (C=O) groups excluding carboxylic acids is 2. The fourth-order valence-electron chi connectivity index (χ4n) is 3.27. The van der Waals surface area contributed by atoms with E-state index in [9.17, 15) is 19.8 Å². The average molecular weight is 286 g/mol. The van der Waals surface area contributed by atoms with E-state index in [-0.39, 0.29) is 30.1 Å². The minimum atomic E-state index is -0.623. The van der Waals surface area contributed by atoms with Crippen molar-refractivity contribution in [3.63, 3.8) is 0 Å². The van der Waals surface area contributed by atoms with Crippen LogP contribution in [0, 0.1) is 5.92 Å². The molecule has 0 aromatic carbocycles. The van der Waals surface area contributed by atoms with Crippen molar-refractivity contribution < 1.29 is 19.8 Å². The Labute approximate surface area is 118 Å². The number of carbonyl (C=O) groups is 2. The van der Waals surface area contributed by atoms with Gasteiger partial charge in [-0.2, -0.15) is 0 Å². The molecule has 2 saturated heterocycles. The van der Waals surface area contributed by atoms with Crippen molar-refractivity contribution in [2.75, 3.05) is 27.6 Å². The van der Waals surface area contributed by atoms with Gasteiger partial charge in [-0.3, -0.25) is 9.80 Å². The van der Waals surface area contributed by atoms with E-state index < -0.39 is 19.6 Å². The lowest BCUT2D eigenvalue weighted by atomic mass is 9.84. The maximum atomic E-state index is 12.2. The third-order valence-corrected chi connectivity index (χ3v) is 4.72. The zero-order chi connectivity index (χ0) is 15.2. The molecular formula is C12H22N4O4. The molecule has 2 unspecified atom stereocenters. The summed E-state index contributed by atoms with van der Waals surface area (Å²) in [5.41, 5.74) is 0. The topological polar surface area (TPSA) is 87.6 Å². The molecule has 2 heterocycles. The molecule has 0 aromatic rings. The van der Waals surface area contributed by atoms with Gasteiger partial charge in [0.1, 0.15) is 19.6 Å². The molecular weight excluding hydrogens is 264 g/mol. The van der Waals surface area contributed by atoms with Crippen LogP contribution in [-0.2, 0) is 0 Å². The highest BCUT2D eigenvalue weighted by Gasteiger charge is 2.53. The molecule has 2 aliphatic rings. The summed E-state index contributed by atoms with van der Waals surface area (Å²) < 4.78 is 0. The number of amides is 4. The van der Waals surface area contributed by atoms with Crippen LogP contribution in [0.4, 0.5) is 9.59 Å². The fraction of sp³-hybridized carbons (Fsp3) is 0.833. The molecule has 8 nitrogen and oxygen atoms in total. The van der Waals surface area contributed by atoms with Crippen molar-refractivity contribution in [3.8, 4) is 0 Å². The summed E-state index contributed by atoms with van der Waals surface area (Å²) in [5, 5.41) is 19.0. The molecule has 2 N–H and O–H groups in total. The number of aliphatic hydroxyl groups excluding tert-OH is 2. The van der Waals surface area contributed by atoms with Crippen molar-refractivity contribution in [3.05, 3.63) is 0 Å². The Kier molecular flexibility index (Phi) is 3.79. The largest absolute Gasteiger partial charge is 0.376 e. The first-order valence-electron chi connectivity index (χ1n) is 6.65. The van der Waals surface area contributed by atoms with E-state index in [0.29, 0.717) is 0 Å². The Hall–Kier alpha value is -1.54. The van der Waals surface area contributed by atoms with Crippen molar-refractivity contribution in [2.45, 2.75) is 32.1 Å². The van der Waals surface area contributed by atoms with Crippen LogP contribution in [0.5, 0.6) is 0 Å². The number of aliphatic hydroxyl groups is 2. The summed E-state index contributed by atoms with van der Waals surface area (Å²) >= 11 is 0. The van der Waals surface area contributed by atoms with Gasteiger partial charge in [0.2, 0.25) is 0 Å². The van der Waals surface area contributed by atoms with E-state index in [4.69, 9.17) is 0 Å². The average Bonchev–Trinajstić information content (AvgIpc) is 2.43.